The Morgan fingerprint density at radius 1 is 1.47 bits per heavy atom. The lowest BCUT2D eigenvalue weighted by atomic mass is 10.2. The molecule has 0 saturated carbocycles. The molecular weight excluding hydrogens is 290 g/mol. The van der Waals surface area contributed by atoms with E-state index in [-0.39, 0.29) is 0 Å². The quantitative estimate of drug-likeness (QED) is 0.711. The molecular formula is C11H18BrNS2. The largest absolute Gasteiger partial charge is 0.245 e. The van der Waals surface area contributed by atoms with Gasteiger partial charge in [-0.3, -0.25) is 0 Å². The Bertz CT molecular complexity index is 297. The van der Waals surface area contributed by atoms with Crippen LogP contribution in [0.2, 0.25) is 0 Å². The highest BCUT2D eigenvalue weighted by atomic mass is 79.9. The molecule has 0 radical (unpaired) electrons. The summed E-state index contributed by atoms with van der Waals surface area (Å²) in [5.74, 6) is 1.06. The molecule has 0 N–H and O–H groups in total. The van der Waals surface area contributed by atoms with Gasteiger partial charge in [0.25, 0.3) is 0 Å². The zero-order chi connectivity index (χ0) is 11.3. The molecule has 0 fully saturated rings. The van der Waals surface area contributed by atoms with E-state index < -0.39 is 0 Å². The van der Waals surface area contributed by atoms with Crippen LogP contribution in [0.4, 0.5) is 0 Å². The molecule has 0 unspecified atom stereocenters. The van der Waals surface area contributed by atoms with Crippen molar-refractivity contribution < 1.29 is 0 Å². The Hall–Kier alpha value is 0.460. The van der Waals surface area contributed by atoms with Crippen molar-refractivity contribution in [3.8, 4) is 0 Å². The average molecular weight is 308 g/mol. The zero-order valence-corrected chi connectivity index (χ0v) is 12.8. The molecule has 1 aromatic rings. The van der Waals surface area contributed by atoms with E-state index in [9.17, 15) is 0 Å². The number of hydrogen-bond donors (Lipinski definition) is 0. The molecule has 0 aliphatic rings. The van der Waals surface area contributed by atoms with E-state index in [1.807, 2.05) is 23.1 Å². The second-order valence-corrected chi connectivity index (χ2v) is 7.01. The molecule has 15 heavy (non-hydrogen) atoms. The number of aryl methyl sites for hydroxylation is 1. The Kier molecular flexibility index (Phi) is 6.24. The van der Waals surface area contributed by atoms with Crippen LogP contribution in [0.5, 0.6) is 0 Å². The van der Waals surface area contributed by atoms with Crippen LogP contribution in [0, 0.1) is 0 Å². The van der Waals surface area contributed by atoms with Crippen molar-refractivity contribution in [1.82, 2.24) is 4.98 Å². The minimum atomic E-state index is 0.691. The van der Waals surface area contributed by atoms with E-state index in [1.165, 1.54) is 22.0 Å². The molecule has 0 aromatic carbocycles. The van der Waals surface area contributed by atoms with Crippen LogP contribution in [-0.4, -0.2) is 10.2 Å². The van der Waals surface area contributed by atoms with Gasteiger partial charge in [-0.1, -0.05) is 43.1 Å². The van der Waals surface area contributed by atoms with Gasteiger partial charge >= 0.3 is 0 Å². The number of nitrogens with zero attached hydrogens (tertiary/aromatic N) is 1. The van der Waals surface area contributed by atoms with Crippen LogP contribution < -0.4 is 0 Å². The van der Waals surface area contributed by atoms with Crippen molar-refractivity contribution in [1.29, 1.82) is 0 Å². The molecule has 1 nitrogen and oxygen atoms in total. The first-order chi connectivity index (χ1) is 7.17. The Morgan fingerprint density at radius 2 is 2.20 bits per heavy atom. The minimum absolute atomic E-state index is 0.691. The standard InChI is InChI=1S/C11H18BrNS2/c1-4-5-9-10(6-12)15-11(13-9)7-14-8(2)3/h8H,4-7H2,1-3H3. The topological polar surface area (TPSA) is 12.9 Å². The molecule has 1 heterocycles. The SMILES string of the molecule is CCCc1nc(CSC(C)C)sc1CBr. The number of halogens is 1. The van der Waals surface area contributed by atoms with Crippen molar-refractivity contribution >= 4 is 39.0 Å². The van der Waals surface area contributed by atoms with Gasteiger partial charge in [0.05, 0.1) is 5.69 Å². The molecule has 0 aliphatic heterocycles. The maximum atomic E-state index is 4.71. The van der Waals surface area contributed by atoms with E-state index in [0.29, 0.717) is 5.25 Å². The molecule has 86 valence electrons. The van der Waals surface area contributed by atoms with Crippen LogP contribution in [0.25, 0.3) is 0 Å². The third kappa shape index (κ3) is 4.45. The molecule has 1 aromatic heterocycles. The van der Waals surface area contributed by atoms with E-state index in [1.54, 1.807) is 0 Å². The third-order valence-electron chi connectivity index (χ3n) is 1.97. The van der Waals surface area contributed by atoms with Crippen LogP contribution in [0.1, 0.15) is 42.8 Å². The summed E-state index contributed by atoms with van der Waals surface area (Å²) in [6, 6.07) is 0. The summed E-state index contributed by atoms with van der Waals surface area (Å²) >= 11 is 7.37. The monoisotopic (exact) mass is 307 g/mol. The maximum absolute atomic E-state index is 4.71. The second-order valence-electron chi connectivity index (χ2n) is 3.72. The van der Waals surface area contributed by atoms with Gasteiger partial charge in [0.15, 0.2) is 0 Å². The van der Waals surface area contributed by atoms with E-state index in [0.717, 1.165) is 17.5 Å². The first-order valence-electron chi connectivity index (χ1n) is 5.32. The van der Waals surface area contributed by atoms with Gasteiger partial charge in [-0.15, -0.1) is 11.3 Å². The summed E-state index contributed by atoms with van der Waals surface area (Å²) < 4.78 is 0. The number of thioether (sulfide) groups is 1. The van der Waals surface area contributed by atoms with Gasteiger partial charge in [-0.2, -0.15) is 11.8 Å². The van der Waals surface area contributed by atoms with Crippen LogP contribution in [0.15, 0.2) is 0 Å². The fourth-order valence-electron chi connectivity index (χ4n) is 1.27. The summed E-state index contributed by atoms with van der Waals surface area (Å²) in [5, 5.41) is 2.93. The summed E-state index contributed by atoms with van der Waals surface area (Å²) in [4.78, 5) is 6.12. The van der Waals surface area contributed by atoms with Gasteiger partial charge in [0, 0.05) is 16.0 Å². The molecule has 0 bridgehead atoms. The molecule has 0 aliphatic carbocycles. The lowest BCUT2D eigenvalue weighted by Gasteiger charge is -2.00. The first-order valence-corrected chi connectivity index (χ1v) is 8.31. The van der Waals surface area contributed by atoms with E-state index in [4.69, 9.17) is 4.98 Å². The van der Waals surface area contributed by atoms with Gasteiger partial charge < -0.3 is 0 Å². The van der Waals surface area contributed by atoms with Crippen LogP contribution in [0.3, 0.4) is 0 Å². The van der Waals surface area contributed by atoms with Crippen LogP contribution >= 0.6 is 39.0 Å². The van der Waals surface area contributed by atoms with Gasteiger partial charge in [0.2, 0.25) is 0 Å². The second kappa shape index (κ2) is 6.92. The van der Waals surface area contributed by atoms with Crippen molar-refractivity contribution in [2.45, 2.75) is 49.9 Å². The summed E-state index contributed by atoms with van der Waals surface area (Å²) in [7, 11) is 0. The minimum Gasteiger partial charge on any atom is -0.245 e. The highest BCUT2D eigenvalue weighted by Crippen LogP contribution is 2.26. The summed E-state index contributed by atoms with van der Waals surface area (Å²) in [6.07, 6.45) is 2.30. The van der Waals surface area contributed by atoms with Crippen molar-refractivity contribution in [2.75, 3.05) is 0 Å². The van der Waals surface area contributed by atoms with Gasteiger partial charge in [0.1, 0.15) is 5.01 Å². The molecule has 1 rings (SSSR count). The normalized spacial score (nSPS) is 11.3. The molecule has 0 atom stereocenters. The van der Waals surface area contributed by atoms with E-state index in [2.05, 4.69) is 36.7 Å². The lowest BCUT2D eigenvalue weighted by Crippen LogP contribution is -1.90. The van der Waals surface area contributed by atoms with Gasteiger partial charge in [-0.05, 0) is 11.7 Å². The predicted octanol–water partition coefficient (Wildman–Crippen LogP) is 4.63. The Balaban J connectivity index is 2.65. The number of hydrogen-bond acceptors (Lipinski definition) is 3. The summed E-state index contributed by atoms with van der Waals surface area (Å²) in [5.41, 5.74) is 1.30. The third-order valence-corrected chi connectivity index (χ3v) is 5.29. The van der Waals surface area contributed by atoms with E-state index >= 15 is 0 Å². The van der Waals surface area contributed by atoms with Crippen molar-refractivity contribution in [3.05, 3.63) is 15.6 Å². The van der Waals surface area contributed by atoms with Crippen LogP contribution in [-0.2, 0) is 17.5 Å². The number of alkyl halides is 1. The predicted molar refractivity (Wildman–Crippen MR) is 75.2 cm³/mol. The zero-order valence-electron chi connectivity index (χ0n) is 9.55. The smallest absolute Gasteiger partial charge is 0.103 e. The molecule has 0 saturated heterocycles. The highest BCUT2D eigenvalue weighted by molar-refractivity contribution is 9.08. The molecule has 4 heteroatoms. The Labute approximate surface area is 109 Å². The lowest BCUT2D eigenvalue weighted by molar-refractivity contribution is 0.878. The van der Waals surface area contributed by atoms with Crippen molar-refractivity contribution in [2.24, 2.45) is 0 Å². The van der Waals surface area contributed by atoms with Gasteiger partial charge in [-0.25, -0.2) is 4.98 Å². The number of aromatic nitrogens is 1. The molecule has 0 amide bonds. The average Bonchev–Trinajstić information content (AvgIpc) is 2.58. The fourth-order valence-corrected chi connectivity index (χ4v) is 3.68. The molecule has 0 spiro atoms. The highest BCUT2D eigenvalue weighted by Gasteiger charge is 2.09. The van der Waals surface area contributed by atoms with Crippen molar-refractivity contribution in [3.63, 3.8) is 0 Å². The fraction of sp³-hybridized carbons (Fsp3) is 0.727. The number of thiazole rings is 1. The number of rotatable bonds is 6. The maximum Gasteiger partial charge on any atom is 0.103 e. The Morgan fingerprint density at radius 3 is 2.73 bits per heavy atom. The first kappa shape index (κ1) is 13.5. The summed E-state index contributed by atoms with van der Waals surface area (Å²) in [6.45, 7) is 6.67.